The van der Waals surface area contributed by atoms with Crippen LogP contribution in [0.15, 0.2) is 30.5 Å². The Hall–Kier alpha value is -2.41. The summed E-state index contributed by atoms with van der Waals surface area (Å²) in [5.74, 6) is -0.0821. The number of amides is 1. The quantitative estimate of drug-likeness (QED) is 0.850. The van der Waals surface area contributed by atoms with Gasteiger partial charge in [-0.25, -0.2) is 4.68 Å². The topological polar surface area (TPSA) is 63.5 Å². The van der Waals surface area contributed by atoms with Crippen LogP contribution in [-0.2, 0) is 11.3 Å². The van der Waals surface area contributed by atoms with Gasteiger partial charge in [0.25, 0.3) is 5.91 Å². The van der Waals surface area contributed by atoms with Crippen molar-refractivity contribution in [2.45, 2.75) is 31.8 Å². The standard InChI is InChI=1S/C18H23N5O2/c1-25-11-10-21-13-15(19-20-21)18(24)23-12-14-6-4-5-9-22(14)16-7-2-3-8-17(16)23/h2-3,7-8,13-14H,4-6,9-12H2,1H3. The highest BCUT2D eigenvalue weighted by Crippen LogP contribution is 2.38. The minimum atomic E-state index is -0.0821. The lowest BCUT2D eigenvalue weighted by Gasteiger charge is -2.46. The molecule has 2 aromatic rings. The summed E-state index contributed by atoms with van der Waals surface area (Å²) in [6.07, 6.45) is 5.26. The van der Waals surface area contributed by atoms with Crippen LogP contribution in [0.1, 0.15) is 29.8 Å². The summed E-state index contributed by atoms with van der Waals surface area (Å²) in [5.41, 5.74) is 2.51. The average molecular weight is 341 g/mol. The zero-order valence-corrected chi connectivity index (χ0v) is 14.5. The minimum Gasteiger partial charge on any atom is -0.383 e. The molecule has 0 bridgehead atoms. The summed E-state index contributed by atoms with van der Waals surface area (Å²) in [6.45, 7) is 2.90. The van der Waals surface area contributed by atoms with Crippen LogP contribution in [0.25, 0.3) is 0 Å². The molecule has 1 aromatic heterocycles. The Labute approximate surface area is 147 Å². The Kier molecular flexibility index (Phi) is 4.40. The SMILES string of the molecule is COCCn1cc(C(=O)N2CC3CCCCN3c3ccccc32)nn1. The van der Waals surface area contributed by atoms with Crippen molar-refractivity contribution < 1.29 is 9.53 Å². The Morgan fingerprint density at radius 3 is 2.96 bits per heavy atom. The summed E-state index contributed by atoms with van der Waals surface area (Å²) in [6, 6.07) is 8.55. The fraction of sp³-hybridized carbons (Fsp3) is 0.500. The van der Waals surface area contributed by atoms with E-state index < -0.39 is 0 Å². The molecule has 1 fully saturated rings. The molecule has 1 aromatic carbocycles. The number of piperidine rings is 1. The average Bonchev–Trinajstić information content (AvgIpc) is 3.14. The summed E-state index contributed by atoms with van der Waals surface area (Å²) < 4.78 is 6.70. The molecule has 7 nitrogen and oxygen atoms in total. The second kappa shape index (κ2) is 6.84. The highest BCUT2D eigenvalue weighted by Gasteiger charge is 2.35. The summed E-state index contributed by atoms with van der Waals surface area (Å²) in [7, 11) is 1.64. The van der Waals surface area contributed by atoms with Crippen molar-refractivity contribution in [1.29, 1.82) is 0 Å². The smallest absolute Gasteiger partial charge is 0.280 e. The third-order valence-corrected chi connectivity index (χ3v) is 5.03. The van der Waals surface area contributed by atoms with Crippen LogP contribution in [0.2, 0.25) is 0 Å². The number of carbonyl (C=O) groups is 1. The number of methoxy groups -OCH3 is 1. The highest BCUT2D eigenvalue weighted by molar-refractivity contribution is 6.07. The molecule has 4 rings (SSSR count). The van der Waals surface area contributed by atoms with E-state index in [9.17, 15) is 4.79 Å². The van der Waals surface area contributed by atoms with Crippen molar-refractivity contribution in [2.75, 3.05) is 36.6 Å². The van der Waals surface area contributed by atoms with Gasteiger partial charge in [0.15, 0.2) is 5.69 Å². The number of ether oxygens (including phenoxy) is 1. The summed E-state index contributed by atoms with van der Waals surface area (Å²) in [5, 5.41) is 8.11. The number of aromatic nitrogens is 3. The third kappa shape index (κ3) is 3.00. The molecule has 25 heavy (non-hydrogen) atoms. The first-order valence-electron chi connectivity index (χ1n) is 8.84. The Morgan fingerprint density at radius 1 is 1.28 bits per heavy atom. The van der Waals surface area contributed by atoms with Gasteiger partial charge in [0, 0.05) is 26.2 Å². The molecular weight excluding hydrogens is 318 g/mol. The van der Waals surface area contributed by atoms with Crippen molar-refractivity contribution in [3.05, 3.63) is 36.2 Å². The fourth-order valence-electron chi connectivity index (χ4n) is 3.77. The Balaban J connectivity index is 1.62. The fourth-order valence-corrected chi connectivity index (χ4v) is 3.77. The number of carbonyl (C=O) groups excluding carboxylic acids is 1. The number of fused-ring (bicyclic) bond motifs is 3. The molecule has 1 amide bonds. The number of para-hydroxylation sites is 2. The van der Waals surface area contributed by atoms with Crippen molar-refractivity contribution in [3.8, 4) is 0 Å². The maximum atomic E-state index is 13.1. The van der Waals surface area contributed by atoms with Gasteiger partial charge in [0.05, 0.1) is 30.7 Å². The normalized spacial score (nSPS) is 19.5. The molecule has 0 spiro atoms. The number of benzene rings is 1. The van der Waals surface area contributed by atoms with Crippen molar-refractivity contribution in [3.63, 3.8) is 0 Å². The van der Waals surface area contributed by atoms with E-state index in [0.717, 1.165) is 24.3 Å². The molecule has 2 aliphatic rings. The maximum Gasteiger partial charge on any atom is 0.280 e. The molecule has 0 saturated carbocycles. The molecule has 1 atom stereocenters. The molecular formula is C18H23N5O2. The predicted octanol–water partition coefficient (Wildman–Crippen LogP) is 1.94. The zero-order chi connectivity index (χ0) is 17.2. The molecule has 132 valence electrons. The molecule has 1 unspecified atom stereocenters. The van der Waals surface area contributed by atoms with E-state index in [4.69, 9.17) is 4.74 Å². The lowest BCUT2D eigenvalue weighted by atomic mass is 9.97. The number of hydrogen-bond acceptors (Lipinski definition) is 5. The van der Waals surface area contributed by atoms with E-state index in [2.05, 4.69) is 21.3 Å². The number of anilines is 2. The molecule has 0 radical (unpaired) electrons. The Morgan fingerprint density at radius 2 is 2.12 bits per heavy atom. The monoisotopic (exact) mass is 341 g/mol. The first-order chi connectivity index (χ1) is 12.3. The largest absolute Gasteiger partial charge is 0.383 e. The molecule has 0 aliphatic carbocycles. The second-order valence-corrected chi connectivity index (χ2v) is 6.61. The Bertz CT molecular complexity index is 759. The lowest BCUT2D eigenvalue weighted by Crippen LogP contribution is -2.53. The number of rotatable bonds is 4. The van der Waals surface area contributed by atoms with Crippen LogP contribution < -0.4 is 9.80 Å². The first-order valence-corrected chi connectivity index (χ1v) is 8.84. The number of nitrogens with zero attached hydrogens (tertiary/aromatic N) is 5. The maximum absolute atomic E-state index is 13.1. The van der Waals surface area contributed by atoms with Gasteiger partial charge in [-0.15, -0.1) is 5.10 Å². The lowest BCUT2D eigenvalue weighted by molar-refractivity contribution is 0.0977. The van der Waals surface area contributed by atoms with E-state index in [1.165, 1.54) is 12.8 Å². The van der Waals surface area contributed by atoms with E-state index in [-0.39, 0.29) is 5.91 Å². The molecule has 7 heteroatoms. The highest BCUT2D eigenvalue weighted by atomic mass is 16.5. The van der Waals surface area contributed by atoms with Gasteiger partial charge in [0.1, 0.15) is 0 Å². The van der Waals surface area contributed by atoms with Crippen LogP contribution in [-0.4, -0.2) is 53.7 Å². The molecule has 2 aliphatic heterocycles. The van der Waals surface area contributed by atoms with E-state index in [1.54, 1.807) is 18.0 Å². The second-order valence-electron chi connectivity index (χ2n) is 6.61. The van der Waals surface area contributed by atoms with Crippen LogP contribution >= 0.6 is 0 Å². The minimum absolute atomic E-state index is 0.0821. The number of hydrogen-bond donors (Lipinski definition) is 0. The summed E-state index contributed by atoms with van der Waals surface area (Å²) in [4.78, 5) is 17.4. The zero-order valence-electron chi connectivity index (χ0n) is 14.5. The van der Waals surface area contributed by atoms with Gasteiger partial charge in [0.2, 0.25) is 0 Å². The van der Waals surface area contributed by atoms with Gasteiger partial charge < -0.3 is 14.5 Å². The van der Waals surface area contributed by atoms with Gasteiger partial charge in [-0.2, -0.15) is 0 Å². The van der Waals surface area contributed by atoms with Crippen molar-refractivity contribution in [1.82, 2.24) is 15.0 Å². The van der Waals surface area contributed by atoms with Crippen LogP contribution in [0.3, 0.4) is 0 Å². The van der Waals surface area contributed by atoms with Gasteiger partial charge in [-0.05, 0) is 31.4 Å². The van der Waals surface area contributed by atoms with Crippen LogP contribution in [0, 0.1) is 0 Å². The van der Waals surface area contributed by atoms with Gasteiger partial charge in [-0.3, -0.25) is 4.79 Å². The summed E-state index contributed by atoms with van der Waals surface area (Å²) >= 11 is 0. The predicted molar refractivity (Wildman–Crippen MR) is 95.0 cm³/mol. The van der Waals surface area contributed by atoms with Crippen LogP contribution in [0.5, 0.6) is 0 Å². The van der Waals surface area contributed by atoms with Crippen LogP contribution in [0.4, 0.5) is 11.4 Å². The van der Waals surface area contributed by atoms with E-state index in [1.807, 2.05) is 23.1 Å². The van der Waals surface area contributed by atoms with E-state index in [0.29, 0.717) is 31.4 Å². The van der Waals surface area contributed by atoms with Gasteiger partial charge in [-0.1, -0.05) is 17.3 Å². The van der Waals surface area contributed by atoms with Crippen molar-refractivity contribution >= 4 is 17.3 Å². The third-order valence-electron chi connectivity index (χ3n) is 5.03. The van der Waals surface area contributed by atoms with Gasteiger partial charge >= 0.3 is 0 Å². The molecule has 3 heterocycles. The first kappa shape index (κ1) is 16.1. The van der Waals surface area contributed by atoms with Crippen molar-refractivity contribution in [2.24, 2.45) is 0 Å². The molecule has 1 saturated heterocycles. The molecule has 0 N–H and O–H groups in total. The van der Waals surface area contributed by atoms with E-state index >= 15 is 0 Å².